The van der Waals surface area contributed by atoms with Crippen molar-refractivity contribution in [3.05, 3.63) is 0 Å². The van der Waals surface area contributed by atoms with Crippen molar-refractivity contribution in [2.24, 2.45) is 0 Å². The first kappa shape index (κ1) is 12.9. The van der Waals surface area contributed by atoms with Gasteiger partial charge >= 0.3 is 0 Å². The number of hydrogen-bond acceptors (Lipinski definition) is 3. The van der Waals surface area contributed by atoms with Crippen LogP contribution in [0.2, 0.25) is 0 Å². The van der Waals surface area contributed by atoms with Gasteiger partial charge in [0, 0.05) is 30.8 Å². The molecule has 0 bridgehead atoms. The Balaban J connectivity index is 2.13. The van der Waals surface area contributed by atoms with Gasteiger partial charge in [0.2, 0.25) is 0 Å². The zero-order valence-corrected chi connectivity index (χ0v) is 10.7. The van der Waals surface area contributed by atoms with Gasteiger partial charge in [0.15, 0.2) is 0 Å². The summed E-state index contributed by atoms with van der Waals surface area (Å²) in [6, 6.07) is 0. The van der Waals surface area contributed by atoms with Crippen molar-refractivity contribution in [1.82, 2.24) is 10.6 Å². The summed E-state index contributed by atoms with van der Waals surface area (Å²) in [5.74, 6) is 0. The lowest BCUT2D eigenvalue weighted by Crippen LogP contribution is -2.51. The van der Waals surface area contributed by atoms with E-state index in [1.165, 1.54) is 12.8 Å². The van der Waals surface area contributed by atoms with Crippen LogP contribution in [0.15, 0.2) is 0 Å². The number of rotatable bonds is 4. The molecule has 0 saturated carbocycles. The van der Waals surface area contributed by atoms with Gasteiger partial charge in [-0.25, -0.2) is 0 Å². The second kappa shape index (κ2) is 5.28. The molecule has 3 nitrogen and oxygen atoms in total. The molecule has 0 radical (unpaired) electrons. The van der Waals surface area contributed by atoms with Crippen molar-refractivity contribution in [2.45, 2.75) is 51.6 Å². The Morgan fingerprint density at radius 1 is 1.27 bits per heavy atom. The van der Waals surface area contributed by atoms with Crippen molar-refractivity contribution >= 4 is 0 Å². The second-order valence-electron chi connectivity index (χ2n) is 5.82. The SMILES string of the molecule is CC(C)(C)NCCNC1(C)CCCOC1. The van der Waals surface area contributed by atoms with Crippen LogP contribution in [0.3, 0.4) is 0 Å². The van der Waals surface area contributed by atoms with Crippen LogP contribution >= 0.6 is 0 Å². The zero-order valence-electron chi connectivity index (χ0n) is 10.7. The Morgan fingerprint density at radius 3 is 2.53 bits per heavy atom. The fourth-order valence-corrected chi connectivity index (χ4v) is 1.88. The Morgan fingerprint density at radius 2 is 2.00 bits per heavy atom. The van der Waals surface area contributed by atoms with E-state index in [1.54, 1.807) is 0 Å². The molecule has 0 aliphatic carbocycles. The first-order chi connectivity index (χ1) is 6.91. The molecule has 1 aliphatic rings. The van der Waals surface area contributed by atoms with Gasteiger partial charge < -0.3 is 15.4 Å². The average Bonchev–Trinajstić information content (AvgIpc) is 2.12. The number of ether oxygens (including phenoxy) is 1. The topological polar surface area (TPSA) is 33.3 Å². The molecule has 1 heterocycles. The van der Waals surface area contributed by atoms with E-state index in [1.807, 2.05) is 0 Å². The molecule has 0 aromatic carbocycles. The minimum atomic E-state index is 0.192. The highest BCUT2D eigenvalue weighted by Crippen LogP contribution is 2.17. The summed E-state index contributed by atoms with van der Waals surface area (Å²) < 4.78 is 5.50. The van der Waals surface area contributed by atoms with Crippen LogP contribution in [0.4, 0.5) is 0 Å². The van der Waals surface area contributed by atoms with Gasteiger partial charge in [-0.3, -0.25) is 0 Å². The molecule has 1 saturated heterocycles. The average molecular weight is 214 g/mol. The van der Waals surface area contributed by atoms with Crippen molar-refractivity contribution in [1.29, 1.82) is 0 Å². The summed E-state index contributed by atoms with van der Waals surface area (Å²) in [5.41, 5.74) is 0.406. The minimum absolute atomic E-state index is 0.192. The Hall–Kier alpha value is -0.120. The quantitative estimate of drug-likeness (QED) is 0.696. The fourth-order valence-electron chi connectivity index (χ4n) is 1.88. The number of nitrogens with one attached hydrogen (secondary N) is 2. The predicted octanol–water partition coefficient (Wildman–Crippen LogP) is 1.53. The lowest BCUT2D eigenvalue weighted by Gasteiger charge is -2.35. The standard InChI is InChI=1S/C12H26N2O/c1-11(2,3)13-7-8-14-12(4)6-5-9-15-10-12/h13-14H,5-10H2,1-4H3. The van der Waals surface area contributed by atoms with Gasteiger partial charge in [-0.1, -0.05) is 0 Å². The van der Waals surface area contributed by atoms with Crippen LogP contribution in [-0.2, 0) is 4.74 Å². The van der Waals surface area contributed by atoms with Crippen LogP contribution in [0.1, 0.15) is 40.5 Å². The Bertz CT molecular complexity index is 181. The summed E-state index contributed by atoms with van der Waals surface area (Å²) in [6.45, 7) is 12.6. The molecule has 0 spiro atoms. The van der Waals surface area contributed by atoms with Gasteiger partial charge in [0.05, 0.1) is 6.61 Å². The molecule has 0 aromatic rings. The van der Waals surface area contributed by atoms with Gasteiger partial charge in [-0.2, -0.15) is 0 Å². The highest BCUT2D eigenvalue weighted by Gasteiger charge is 2.26. The predicted molar refractivity (Wildman–Crippen MR) is 64.2 cm³/mol. The van der Waals surface area contributed by atoms with E-state index in [0.717, 1.165) is 26.3 Å². The smallest absolute Gasteiger partial charge is 0.0645 e. The molecule has 1 unspecified atom stereocenters. The van der Waals surface area contributed by atoms with Crippen molar-refractivity contribution in [3.8, 4) is 0 Å². The first-order valence-electron chi connectivity index (χ1n) is 5.99. The van der Waals surface area contributed by atoms with Crippen LogP contribution in [0.25, 0.3) is 0 Å². The van der Waals surface area contributed by atoms with Gasteiger partial charge in [-0.15, -0.1) is 0 Å². The summed E-state index contributed by atoms with van der Waals surface area (Å²) in [5, 5.41) is 7.06. The van der Waals surface area contributed by atoms with E-state index in [2.05, 4.69) is 38.3 Å². The molecule has 3 heteroatoms. The largest absolute Gasteiger partial charge is 0.380 e. The highest BCUT2D eigenvalue weighted by molar-refractivity contribution is 4.85. The second-order valence-corrected chi connectivity index (χ2v) is 5.82. The zero-order chi connectivity index (χ0) is 11.4. The monoisotopic (exact) mass is 214 g/mol. The molecule has 0 aromatic heterocycles. The maximum atomic E-state index is 5.50. The van der Waals surface area contributed by atoms with Crippen LogP contribution in [0.5, 0.6) is 0 Å². The molecular formula is C12H26N2O. The van der Waals surface area contributed by atoms with Crippen LogP contribution < -0.4 is 10.6 Å². The molecule has 1 rings (SSSR count). The summed E-state index contributed by atoms with van der Waals surface area (Å²) in [6.07, 6.45) is 2.40. The normalized spacial score (nSPS) is 28.0. The molecule has 1 fully saturated rings. The third-order valence-corrected chi connectivity index (χ3v) is 2.77. The third kappa shape index (κ3) is 5.50. The Labute approximate surface area is 94.0 Å². The summed E-state index contributed by atoms with van der Waals surface area (Å²) in [7, 11) is 0. The van der Waals surface area contributed by atoms with E-state index in [9.17, 15) is 0 Å². The minimum Gasteiger partial charge on any atom is -0.380 e. The molecule has 90 valence electrons. The van der Waals surface area contributed by atoms with Gasteiger partial charge in [-0.05, 0) is 40.5 Å². The van der Waals surface area contributed by atoms with Crippen molar-refractivity contribution in [3.63, 3.8) is 0 Å². The van der Waals surface area contributed by atoms with Crippen molar-refractivity contribution < 1.29 is 4.74 Å². The lowest BCUT2D eigenvalue weighted by molar-refractivity contribution is 0.0287. The fraction of sp³-hybridized carbons (Fsp3) is 1.00. The maximum Gasteiger partial charge on any atom is 0.0645 e. The van der Waals surface area contributed by atoms with E-state index >= 15 is 0 Å². The molecule has 1 atom stereocenters. The molecule has 2 N–H and O–H groups in total. The molecule has 1 aliphatic heterocycles. The van der Waals surface area contributed by atoms with E-state index in [-0.39, 0.29) is 11.1 Å². The summed E-state index contributed by atoms with van der Waals surface area (Å²) >= 11 is 0. The van der Waals surface area contributed by atoms with E-state index < -0.39 is 0 Å². The van der Waals surface area contributed by atoms with Crippen molar-refractivity contribution in [2.75, 3.05) is 26.3 Å². The highest BCUT2D eigenvalue weighted by atomic mass is 16.5. The lowest BCUT2D eigenvalue weighted by atomic mass is 9.95. The maximum absolute atomic E-state index is 5.50. The van der Waals surface area contributed by atoms with Gasteiger partial charge in [0.25, 0.3) is 0 Å². The van der Waals surface area contributed by atoms with E-state index in [0.29, 0.717) is 0 Å². The first-order valence-corrected chi connectivity index (χ1v) is 5.99. The van der Waals surface area contributed by atoms with Crippen LogP contribution in [-0.4, -0.2) is 37.4 Å². The summed E-state index contributed by atoms with van der Waals surface area (Å²) in [4.78, 5) is 0. The van der Waals surface area contributed by atoms with Crippen LogP contribution in [0, 0.1) is 0 Å². The molecule has 15 heavy (non-hydrogen) atoms. The van der Waals surface area contributed by atoms with E-state index in [4.69, 9.17) is 4.74 Å². The number of hydrogen-bond donors (Lipinski definition) is 2. The Kier molecular flexibility index (Phi) is 4.56. The third-order valence-electron chi connectivity index (χ3n) is 2.77. The molecular weight excluding hydrogens is 188 g/mol. The van der Waals surface area contributed by atoms with Gasteiger partial charge in [0.1, 0.15) is 0 Å². The molecule has 0 amide bonds.